The number of nitrogens with zero attached hydrogens (tertiary/aromatic N) is 1. The number of methoxy groups -OCH3 is 3. The molecular weight excluding hydrogens is 469 g/mol. The summed E-state index contributed by atoms with van der Waals surface area (Å²) in [5, 5.41) is 0.580. The maximum atomic E-state index is 13.2. The van der Waals surface area contributed by atoms with Gasteiger partial charge in [0.25, 0.3) is 0 Å². The highest BCUT2D eigenvalue weighted by Gasteiger charge is 2.23. The molecule has 0 saturated carbocycles. The molecule has 7 nitrogen and oxygen atoms in total. The van der Waals surface area contributed by atoms with Crippen molar-refractivity contribution < 1.29 is 28.5 Å². The molecule has 0 saturated heterocycles. The standard InChI is InChI=1S/C24H21Cl2NO6/c1-30-21-8-7-16(20(28)10-17-18(25)11-27-12-19(17)26)22(23(21)31-2)33-13-14-5-4-6-15(9-14)24(29)32-3/h4-9,11-12H,10,13H2,1-3H3. The number of hydrogen-bond donors (Lipinski definition) is 0. The lowest BCUT2D eigenvalue weighted by molar-refractivity contribution is 0.0600. The fourth-order valence-electron chi connectivity index (χ4n) is 3.19. The van der Waals surface area contributed by atoms with E-state index in [0.717, 1.165) is 0 Å². The summed E-state index contributed by atoms with van der Waals surface area (Å²) in [5.74, 6) is 0.111. The van der Waals surface area contributed by atoms with Gasteiger partial charge in [0.05, 0.1) is 42.5 Å². The largest absolute Gasteiger partial charge is 0.493 e. The smallest absolute Gasteiger partial charge is 0.337 e. The van der Waals surface area contributed by atoms with E-state index in [-0.39, 0.29) is 35.9 Å². The zero-order valence-corrected chi connectivity index (χ0v) is 19.7. The number of benzene rings is 2. The van der Waals surface area contributed by atoms with E-state index in [0.29, 0.717) is 32.5 Å². The van der Waals surface area contributed by atoms with Crippen LogP contribution in [-0.4, -0.2) is 38.1 Å². The fraction of sp³-hybridized carbons (Fsp3) is 0.208. The van der Waals surface area contributed by atoms with Gasteiger partial charge >= 0.3 is 5.97 Å². The Balaban J connectivity index is 1.96. The molecule has 0 amide bonds. The Labute approximate surface area is 201 Å². The Morgan fingerprint density at radius 1 is 0.939 bits per heavy atom. The van der Waals surface area contributed by atoms with Crippen LogP contribution in [0.5, 0.6) is 17.2 Å². The van der Waals surface area contributed by atoms with Crippen LogP contribution in [-0.2, 0) is 17.8 Å². The summed E-state index contributed by atoms with van der Waals surface area (Å²) >= 11 is 12.4. The van der Waals surface area contributed by atoms with Crippen molar-refractivity contribution in [2.24, 2.45) is 0 Å². The molecule has 3 rings (SSSR count). The monoisotopic (exact) mass is 489 g/mol. The van der Waals surface area contributed by atoms with Crippen molar-refractivity contribution in [3.05, 3.63) is 81.1 Å². The molecule has 0 unspecified atom stereocenters. The first-order valence-electron chi connectivity index (χ1n) is 9.75. The number of rotatable bonds is 9. The number of ketones is 1. The van der Waals surface area contributed by atoms with E-state index in [1.165, 1.54) is 33.7 Å². The molecule has 0 aliphatic carbocycles. The number of Topliss-reactive ketones (excluding diaryl/α,β-unsaturated/α-hetero) is 1. The average molecular weight is 490 g/mol. The predicted molar refractivity (Wildman–Crippen MR) is 124 cm³/mol. The molecule has 0 radical (unpaired) electrons. The molecule has 2 aromatic carbocycles. The number of halogens is 2. The predicted octanol–water partition coefficient (Wildman–Crippen LogP) is 5.20. The summed E-state index contributed by atoms with van der Waals surface area (Å²) in [7, 11) is 4.25. The lowest BCUT2D eigenvalue weighted by Crippen LogP contribution is -2.10. The first-order valence-corrected chi connectivity index (χ1v) is 10.5. The second-order valence-corrected chi connectivity index (χ2v) is 7.65. The minimum Gasteiger partial charge on any atom is -0.493 e. The number of ether oxygens (including phenoxy) is 4. The molecule has 0 atom stereocenters. The number of carbonyl (C=O) groups excluding carboxylic acids is 2. The lowest BCUT2D eigenvalue weighted by Gasteiger charge is -2.17. The van der Waals surface area contributed by atoms with Crippen molar-refractivity contribution in [1.82, 2.24) is 4.98 Å². The molecule has 0 spiro atoms. The van der Waals surface area contributed by atoms with Gasteiger partial charge in [0.15, 0.2) is 17.3 Å². The Hall–Kier alpha value is -3.29. The molecule has 1 aromatic heterocycles. The quantitative estimate of drug-likeness (QED) is 0.301. The third-order valence-electron chi connectivity index (χ3n) is 4.82. The molecule has 1 heterocycles. The van der Waals surface area contributed by atoms with Gasteiger partial charge in [-0.25, -0.2) is 4.79 Å². The summed E-state index contributed by atoms with van der Waals surface area (Å²) < 4.78 is 21.6. The number of hydrogen-bond acceptors (Lipinski definition) is 7. The van der Waals surface area contributed by atoms with Crippen LogP contribution in [0.25, 0.3) is 0 Å². The van der Waals surface area contributed by atoms with Gasteiger partial charge in [-0.3, -0.25) is 9.78 Å². The lowest BCUT2D eigenvalue weighted by atomic mass is 10.0. The van der Waals surface area contributed by atoms with E-state index in [1.807, 2.05) is 0 Å². The first-order chi connectivity index (χ1) is 15.9. The number of aromatic nitrogens is 1. The van der Waals surface area contributed by atoms with Crippen molar-refractivity contribution in [2.45, 2.75) is 13.0 Å². The summed E-state index contributed by atoms with van der Waals surface area (Å²) in [6.45, 7) is 0.0609. The van der Waals surface area contributed by atoms with Gasteiger partial charge in [-0.2, -0.15) is 0 Å². The molecule has 0 aliphatic heterocycles. The van der Waals surface area contributed by atoms with E-state index in [1.54, 1.807) is 36.4 Å². The zero-order valence-electron chi connectivity index (χ0n) is 18.2. The number of pyridine rings is 1. The molecule has 0 bridgehead atoms. The molecule has 0 N–H and O–H groups in total. The SMILES string of the molecule is COC(=O)c1cccc(COc2c(C(=O)Cc3c(Cl)cncc3Cl)ccc(OC)c2OC)c1. The van der Waals surface area contributed by atoms with Crippen molar-refractivity contribution in [3.63, 3.8) is 0 Å². The third kappa shape index (κ3) is 5.56. The second kappa shape index (κ2) is 11.0. The highest BCUT2D eigenvalue weighted by Crippen LogP contribution is 2.41. The molecule has 9 heteroatoms. The van der Waals surface area contributed by atoms with Gasteiger partial charge < -0.3 is 18.9 Å². The maximum absolute atomic E-state index is 13.2. The van der Waals surface area contributed by atoms with Crippen LogP contribution in [0, 0.1) is 0 Å². The number of carbonyl (C=O) groups is 2. The Bertz CT molecular complexity index is 1160. The van der Waals surface area contributed by atoms with Gasteiger partial charge in [0.2, 0.25) is 5.75 Å². The minimum atomic E-state index is -0.460. The third-order valence-corrected chi connectivity index (χ3v) is 5.47. The molecule has 33 heavy (non-hydrogen) atoms. The van der Waals surface area contributed by atoms with E-state index in [9.17, 15) is 9.59 Å². The molecule has 3 aromatic rings. The summed E-state index contributed by atoms with van der Waals surface area (Å²) in [6.07, 6.45) is 2.79. The average Bonchev–Trinajstić information content (AvgIpc) is 2.83. The van der Waals surface area contributed by atoms with Crippen molar-refractivity contribution >= 4 is 35.0 Å². The van der Waals surface area contributed by atoms with E-state index < -0.39 is 5.97 Å². The molecule has 172 valence electrons. The molecule has 0 fully saturated rings. The van der Waals surface area contributed by atoms with Crippen molar-refractivity contribution in [2.75, 3.05) is 21.3 Å². The van der Waals surface area contributed by atoms with Crippen LogP contribution in [0.4, 0.5) is 0 Å². The van der Waals surface area contributed by atoms with Crippen molar-refractivity contribution in [1.29, 1.82) is 0 Å². The first kappa shape index (κ1) is 24.4. The number of esters is 1. The normalized spacial score (nSPS) is 10.5. The fourth-order valence-corrected chi connectivity index (χ4v) is 3.68. The van der Waals surface area contributed by atoms with Gasteiger partial charge in [0, 0.05) is 24.4 Å². The maximum Gasteiger partial charge on any atom is 0.337 e. The Morgan fingerprint density at radius 3 is 2.30 bits per heavy atom. The second-order valence-electron chi connectivity index (χ2n) is 6.84. The van der Waals surface area contributed by atoms with Crippen LogP contribution in [0.3, 0.4) is 0 Å². The van der Waals surface area contributed by atoms with Crippen LogP contribution in [0.15, 0.2) is 48.8 Å². The Morgan fingerprint density at radius 2 is 1.67 bits per heavy atom. The van der Waals surface area contributed by atoms with E-state index >= 15 is 0 Å². The summed E-state index contributed by atoms with van der Waals surface area (Å²) in [6, 6.07) is 10.00. The van der Waals surface area contributed by atoms with E-state index in [4.69, 9.17) is 42.1 Å². The summed E-state index contributed by atoms with van der Waals surface area (Å²) in [5.41, 5.74) is 1.81. The van der Waals surface area contributed by atoms with Gasteiger partial charge in [-0.05, 0) is 29.8 Å². The highest BCUT2D eigenvalue weighted by molar-refractivity contribution is 6.36. The molecular formula is C24H21Cl2NO6. The van der Waals surface area contributed by atoms with Gasteiger partial charge in [0.1, 0.15) is 6.61 Å². The zero-order chi connectivity index (χ0) is 24.0. The van der Waals surface area contributed by atoms with Crippen molar-refractivity contribution in [3.8, 4) is 17.2 Å². The van der Waals surface area contributed by atoms with Crippen LogP contribution in [0.2, 0.25) is 10.0 Å². The highest BCUT2D eigenvalue weighted by atomic mass is 35.5. The Kier molecular flexibility index (Phi) is 8.14. The minimum absolute atomic E-state index is 0.0609. The topological polar surface area (TPSA) is 84.0 Å². The van der Waals surface area contributed by atoms with Gasteiger partial charge in [-0.1, -0.05) is 35.3 Å². The van der Waals surface area contributed by atoms with Crippen LogP contribution < -0.4 is 14.2 Å². The summed E-state index contributed by atoms with van der Waals surface area (Å²) in [4.78, 5) is 29.0. The van der Waals surface area contributed by atoms with E-state index in [2.05, 4.69) is 4.98 Å². The van der Waals surface area contributed by atoms with Gasteiger partial charge in [-0.15, -0.1) is 0 Å². The van der Waals surface area contributed by atoms with Crippen LogP contribution >= 0.6 is 23.2 Å². The molecule has 0 aliphatic rings. The van der Waals surface area contributed by atoms with Crippen LogP contribution in [0.1, 0.15) is 31.8 Å².